The number of carbonyl (C=O) groups excluding carboxylic acids is 2. The third-order valence-electron chi connectivity index (χ3n) is 4.25. The second kappa shape index (κ2) is 11.6. The van der Waals surface area contributed by atoms with E-state index in [0.29, 0.717) is 32.5 Å². The van der Waals surface area contributed by atoms with Crippen LogP contribution in [0.25, 0.3) is 0 Å². The fourth-order valence-electron chi connectivity index (χ4n) is 2.92. The van der Waals surface area contributed by atoms with Gasteiger partial charge >= 0.3 is 6.18 Å². The van der Waals surface area contributed by atoms with Gasteiger partial charge in [0, 0.05) is 26.1 Å². The quantitative estimate of drug-likeness (QED) is 0.389. The van der Waals surface area contributed by atoms with Crippen LogP contribution in [0.2, 0.25) is 0 Å². The highest BCUT2D eigenvalue weighted by atomic mass is 32.2. The monoisotopic (exact) mass is 430 g/mol. The summed E-state index contributed by atoms with van der Waals surface area (Å²) in [5, 5.41) is 2.66. The zero-order valence-corrected chi connectivity index (χ0v) is 16.6. The van der Waals surface area contributed by atoms with Gasteiger partial charge in [0.25, 0.3) is 0 Å². The van der Waals surface area contributed by atoms with Crippen LogP contribution in [-0.2, 0) is 19.6 Å². The summed E-state index contributed by atoms with van der Waals surface area (Å²) in [7, 11) is -4.48. The molecule has 0 radical (unpaired) electrons. The maximum Gasteiger partial charge on any atom is 0.404 e. The summed E-state index contributed by atoms with van der Waals surface area (Å²) in [6, 6.07) is -0.668. The van der Waals surface area contributed by atoms with E-state index in [0.717, 1.165) is 19.3 Å². The number of amides is 2. The first kappa shape index (κ1) is 24.6. The second-order valence-corrected chi connectivity index (χ2v) is 8.62. The van der Waals surface area contributed by atoms with Crippen molar-refractivity contribution in [2.24, 2.45) is 5.73 Å². The SMILES string of the molecule is NCCCC[C@H](NC(=O)CCCNS(=O)(=O)CC(F)(F)F)C(=O)N1CCCC1. The number of unbranched alkanes of at least 4 members (excludes halogenated alkanes) is 1. The molecular formula is C16H29F3N4O4S. The van der Waals surface area contributed by atoms with E-state index in [-0.39, 0.29) is 25.3 Å². The Morgan fingerprint density at radius 1 is 1.11 bits per heavy atom. The largest absolute Gasteiger partial charge is 0.404 e. The second-order valence-electron chi connectivity index (χ2n) is 6.81. The first-order chi connectivity index (χ1) is 13.0. The minimum Gasteiger partial charge on any atom is -0.344 e. The van der Waals surface area contributed by atoms with Crippen molar-refractivity contribution < 1.29 is 31.2 Å². The molecule has 0 aromatic rings. The normalized spacial score (nSPS) is 16.2. The molecule has 1 heterocycles. The zero-order valence-electron chi connectivity index (χ0n) is 15.8. The lowest BCUT2D eigenvalue weighted by atomic mass is 10.1. The number of alkyl halides is 3. The number of hydrogen-bond acceptors (Lipinski definition) is 5. The van der Waals surface area contributed by atoms with Crippen LogP contribution in [0.15, 0.2) is 0 Å². The van der Waals surface area contributed by atoms with Crippen molar-refractivity contribution in [3.63, 3.8) is 0 Å². The lowest BCUT2D eigenvalue weighted by Crippen LogP contribution is -2.47. The van der Waals surface area contributed by atoms with E-state index in [4.69, 9.17) is 5.73 Å². The molecule has 1 fully saturated rings. The molecule has 0 unspecified atom stereocenters. The van der Waals surface area contributed by atoms with Gasteiger partial charge in [0.05, 0.1) is 0 Å². The van der Waals surface area contributed by atoms with Crippen molar-refractivity contribution in [1.29, 1.82) is 0 Å². The van der Waals surface area contributed by atoms with Gasteiger partial charge in [0.15, 0.2) is 5.75 Å². The van der Waals surface area contributed by atoms with Gasteiger partial charge in [-0.2, -0.15) is 13.2 Å². The molecule has 4 N–H and O–H groups in total. The fraction of sp³-hybridized carbons (Fsp3) is 0.875. The van der Waals surface area contributed by atoms with Crippen LogP contribution in [0.4, 0.5) is 13.2 Å². The Hall–Kier alpha value is -1.40. The molecule has 164 valence electrons. The van der Waals surface area contributed by atoms with Crippen LogP contribution in [0.1, 0.15) is 44.9 Å². The molecule has 2 amide bonds. The van der Waals surface area contributed by atoms with E-state index in [1.165, 1.54) is 0 Å². The topological polar surface area (TPSA) is 122 Å². The maximum atomic E-state index is 12.6. The predicted molar refractivity (Wildman–Crippen MR) is 97.7 cm³/mol. The highest BCUT2D eigenvalue weighted by Gasteiger charge is 2.34. The first-order valence-corrected chi connectivity index (χ1v) is 11.0. The fourth-order valence-corrected chi connectivity index (χ4v) is 3.91. The van der Waals surface area contributed by atoms with Gasteiger partial charge in [-0.05, 0) is 45.1 Å². The van der Waals surface area contributed by atoms with Gasteiger partial charge in [0.1, 0.15) is 6.04 Å². The molecule has 12 heteroatoms. The van der Waals surface area contributed by atoms with Gasteiger partial charge in [-0.1, -0.05) is 0 Å². The molecular weight excluding hydrogens is 401 g/mol. The molecule has 0 saturated carbocycles. The van der Waals surface area contributed by atoms with E-state index >= 15 is 0 Å². The van der Waals surface area contributed by atoms with Crippen LogP contribution in [0, 0.1) is 0 Å². The van der Waals surface area contributed by atoms with Crippen molar-refractivity contribution >= 4 is 21.8 Å². The highest BCUT2D eigenvalue weighted by Crippen LogP contribution is 2.16. The molecule has 28 heavy (non-hydrogen) atoms. The average molecular weight is 430 g/mol. The molecule has 0 aromatic heterocycles. The van der Waals surface area contributed by atoms with E-state index in [2.05, 4.69) is 5.32 Å². The van der Waals surface area contributed by atoms with Crippen LogP contribution in [-0.4, -0.2) is 69.3 Å². The van der Waals surface area contributed by atoms with Gasteiger partial charge in [-0.3, -0.25) is 9.59 Å². The number of nitrogens with zero attached hydrogens (tertiary/aromatic N) is 1. The number of halogens is 3. The molecule has 1 rings (SSSR count). The summed E-state index contributed by atoms with van der Waals surface area (Å²) < 4.78 is 60.7. The average Bonchev–Trinajstić information content (AvgIpc) is 3.10. The highest BCUT2D eigenvalue weighted by molar-refractivity contribution is 7.89. The maximum absolute atomic E-state index is 12.6. The summed E-state index contributed by atoms with van der Waals surface area (Å²) in [6.07, 6.45) is -1.20. The lowest BCUT2D eigenvalue weighted by Gasteiger charge is -2.24. The smallest absolute Gasteiger partial charge is 0.344 e. The number of hydrogen-bond donors (Lipinski definition) is 3. The summed E-state index contributed by atoms with van der Waals surface area (Å²) >= 11 is 0. The molecule has 1 aliphatic rings. The van der Waals surface area contributed by atoms with Crippen molar-refractivity contribution in [1.82, 2.24) is 14.9 Å². The Labute approximate surface area is 163 Å². The minimum atomic E-state index is -4.82. The number of nitrogens with two attached hydrogens (primary N) is 1. The molecule has 0 bridgehead atoms. The van der Waals surface area contributed by atoms with Gasteiger partial charge in [0.2, 0.25) is 21.8 Å². The predicted octanol–water partition coefficient (Wildman–Crippen LogP) is 0.485. The Kier molecular flexibility index (Phi) is 10.2. The van der Waals surface area contributed by atoms with Gasteiger partial charge in [-0.25, -0.2) is 13.1 Å². The van der Waals surface area contributed by atoms with Crippen LogP contribution in [0.5, 0.6) is 0 Å². The van der Waals surface area contributed by atoms with Crippen LogP contribution >= 0.6 is 0 Å². The van der Waals surface area contributed by atoms with Crippen molar-refractivity contribution in [2.75, 3.05) is 31.9 Å². The summed E-state index contributed by atoms with van der Waals surface area (Å²) in [6.45, 7) is 1.51. The molecule has 8 nitrogen and oxygen atoms in total. The molecule has 1 saturated heterocycles. The number of likely N-dealkylation sites (tertiary alicyclic amines) is 1. The Morgan fingerprint density at radius 3 is 2.32 bits per heavy atom. The molecule has 1 atom stereocenters. The standard InChI is InChI=1S/C16H29F3N4O4S/c17-16(18,19)12-28(26,27)21-9-5-7-14(24)22-13(6-1-2-8-20)15(25)23-10-3-4-11-23/h13,21H,1-12,20H2,(H,22,24)/t13-/m0/s1. The Balaban J connectivity index is 2.43. The number of sulfonamides is 1. The molecule has 0 aliphatic carbocycles. The van der Waals surface area contributed by atoms with Crippen molar-refractivity contribution in [2.45, 2.75) is 57.2 Å². The molecule has 0 aromatic carbocycles. The minimum absolute atomic E-state index is 0.0242. The third-order valence-corrected chi connectivity index (χ3v) is 5.61. The Bertz CT molecular complexity index is 608. The van der Waals surface area contributed by atoms with Crippen molar-refractivity contribution in [3.8, 4) is 0 Å². The van der Waals surface area contributed by atoms with Gasteiger partial charge < -0.3 is 16.0 Å². The summed E-state index contributed by atoms with van der Waals surface area (Å²) in [4.78, 5) is 26.4. The number of rotatable bonds is 12. The van der Waals surface area contributed by atoms with Crippen molar-refractivity contribution in [3.05, 3.63) is 0 Å². The van der Waals surface area contributed by atoms with E-state index in [1.807, 2.05) is 4.72 Å². The molecule has 0 spiro atoms. The first-order valence-electron chi connectivity index (χ1n) is 9.36. The summed E-state index contributed by atoms with van der Waals surface area (Å²) in [5.74, 6) is -2.55. The Morgan fingerprint density at radius 2 is 1.75 bits per heavy atom. The third kappa shape index (κ3) is 10.2. The lowest BCUT2D eigenvalue weighted by molar-refractivity contribution is -0.135. The zero-order chi connectivity index (χ0) is 21.2. The van der Waals surface area contributed by atoms with Gasteiger partial charge in [-0.15, -0.1) is 0 Å². The summed E-state index contributed by atoms with van der Waals surface area (Å²) in [5.41, 5.74) is 5.46. The molecule has 1 aliphatic heterocycles. The van der Waals surface area contributed by atoms with E-state index < -0.39 is 33.9 Å². The van der Waals surface area contributed by atoms with E-state index in [1.54, 1.807) is 4.90 Å². The van der Waals surface area contributed by atoms with Crippen LogP contribution in [0.3, 0.4) is 0 Å². The van der Waals surface area contributed by atoms with Crippen LogP contribution < -0.4 is 15.8 Å². The number of nitrogens with one attached hydrogen (secondary N) is 2. The van der Waals surface area contributed by atoms with E-state index in [9.17, 15) is 31.2 Å². The number of carbonyl (C=O) groups is 2.